The van der Waals surface area contributed by atoms with Crippen LogP contribution in [-0.4, -0.2) is 33.0 Å². The molecule has 4 rings (SSSR count). The predicted molar refractivity (Wildman–Crippen MR) is 105 cm³/mol. The Hall–Kier alpha value is -0.930. The standard InChI is InChI=1S/C22H31NOS/c1-17-8-11-19(12-9-17)25(24)21-13-10-18(2)20-7-3-4-14-22(20,21)23-15-5-6-16-23/h8-13,18,20-21H,3-7,14-16H2,1-2H3/t18-,20+,21+,22-,25?/m0/s1. The van der Waals surface area contributed by atoms with E-state index in [1.54, 1.807) is 0 Å². The quantitative estimate of drug-likeness (QED) is 0.731. The molecule has 0 N–H and O–H groups in total. The molecule has 5 atom stereocenters. The molecular weight excluding hydrogens is 326 g/mol. The summed E-state index contributed by atoms with van der Waals surface area (Å²) >= 11 is 0. The van der Waals surface area contributed by atoms with Gasteiger partial charge in [0.2, 0.25) is 0 Å². The zero-order valence-electron chi connectivity index (χ0n) is 15.6. The van der Waals surface area contributed by atoms with Gasteiger partial charge in [0.25, 0.3) is 0 Å². The monoisotopic (exact) mass is 357 g/mol. The second-order valence-electron chi connectivity index (χ2n) is 8.31. The van der Waals surface area contributed by atoms with E-state index in [-0.39, 0.29) is 10.8 Å². The topological polar surface area (TPSA) is 20.3 Å². The fourth-order valence-electron chi connectivity index (χ4n) is 5.64. The van der Waals surface area contributed by atoms with Gasteiger partial charge in [0.05, 0.1) is 16.0 Å². The highest BCUT2D eigenvalue weighted by molar-refractivity contribution is 7.86. The summed E-state index contributed by atoms with van der Waals surface area (Å²) in [6, 6.07) is 8.35. The van der Waals surface area contributed by atoms with Crippen LogP contribution in [0.5, 0.6) is 0 Å². The molecule has 0 radical (unpaired) electrons. The van der Waals surface area contributed by atoms with Crippen LogP contribution in [0.15, 0.2) is 41.3 Å². The van der Waals surface area contributed by atoms with Crippen LogP contribution in [0.2, 0.25) is 0 Å². The van der Waals surface area contributed by atoms with E-state index in [0.29, 0.717) is 11.8 Å². The van der Waals surface area contributed by atoms with Crippen LogP contribution in [0.3, 0.4) is 0 Å². The van der Waals surface area contributed by atoms with Gasteiger partial charge < -0.3 is 0 Å². The largest absolute Gasteiger partial charge is 0.296 e. The summed E-state index contributed by atoms with van der Waals surface area (Å²) in [5, 5.41) is 0.134. The summed E-state index contributed by atoms with van der Waals surface area (Å²) in [7, 11) is -0.975. The molecule has 3 heteroatoms. The molecule has 2 fully saturated rings. The second kappa shape index (κ2) is 7.00. The molecule has 1 aromatic carbocycles. The minimum atomic E-state index is -0.975. The molecule has 0 amide bonds. The number of hydrogen-bond acceptors (Lipinski definition) is 2. The molecule has 136 valence electrons. The van der Waals surface area contributed by atoms with E-state index in [9.17, 15) is 4.21 Å². The normalized spacial score (nSPS) is 37.0. The molecule has 0 bridgehead atoms. The van der Waals surface area contributed by atoms with E-state index in [1.807, 2.05) is 0 Å². The van der Waals surface area contributed by atoms with Crippen molar-refractivity contribution in [3.8, 4) is 0 Å². The summed E-state index contributed by atoms with van der Waals surface area (Å²) in [5.74, 6) is 1.26. The lowest BCUT2D eigenvalue weighted by molar-refractivity contribution is -0.000522. The Morgan fingerprint density at radius 3 is 2.48 bits per heavy atom. The van der Waals surface area contributed by atoms with Crippen molar-refractivity contribution in [3.63, 3.8) is 0 Å². The highest BCUT2D eigenvalue weighted by atomic mass is 32.2. The number of hydrogen-bond donors (Lipinski definition) is 0. The SMILES string of the molecule is Cc1ccc(S(=O)[C@@H]2C=C[C@H](C)[C@H]3CCCC[C@]32N2CCCC2)cc1. The van der Waals surface area contributed by atoms with Crippen LogP contribution in [0.4, 0.5) is 0 Å². The van der Waals surface area contributed by atoms with Crippen LogP contribution in [0.1, 0.15) is 51.0 Å². The number of rotatable bonds is 3. The lowest BCUT2D eigenvalue weighted by Crippen LogP contribution is -2.64. The molecule has 1 aromatic rings. The number of aryl methyl sites for hydroxylation is 1. The summed E-state index contributed by atoms with van der Waals surface area (Å²) in [4.78, 5) is 3.74. The molecule has 1 unspecified atom stereocenters. The highest BCUT2D eigenvalue weighted by Gasteiger charge is 2.55. The molecule has 1 aliphatic heterocycles. The summed E-state index contributed by atoms with van der Waals surface area (Å²) < 4.78 is 13.7. The van der Waals surface area contributed by atoms with Gasteiger partial charge >= 0.3 is 0 Å². The van der Waals surface area contributed by atoms with Crippen molar-refractivity contribution in [3.05, 3.63) is 42.0 Å². The molecule has 0 spiro atoms. The fourth-order valence-corrected chi connectivity index (χ4v) is 7.38. The maximum absolute atomic E-state index is 13.7. The van der Waals surface area contributed by atoms with Gasteiger partial charge in [-0.3, -0.25) is 9.11 Å². The smallest absolute Gasteiger partial charge is 0.0761 e. The molecule has 3 aliphatic rings. The first-order valence-corrected chi connectivity index (χ1v) is 11.2. The van der Waals surface area contributed by atoms with Crippen molar-refractivity contribution in [2.45, 2.75) is 68.1 Å². The Kier molecular flexibility index (Phi) is 4.89. The van der Waals surface area contributed by atoms with E-state index < -0.39 is 10.8 Å². The Labute approximate surface area is 155 Å². The third-order valence-corrected chi connectivity index (χ3v) is 8.64. The van der Waals surface area contributed by atoms with Crippen molar-refractivity contribution in [1.29, 1.82) is 0 Å². The van der Waals surface area contributed by atoms with Gasteiger partial charge in [0.1, 0.15) is 0 Å². The molecule has 0 aromatic heterocycles. The van der Waals surface area contributed by atoms with Crippen molar-refractivity contribution < 1.29 is 4.21 Å². The maximum atomic E-state index is 13.7. The van der Waals surface area contributed by atoms with Crippen LogP contribution in [-0.2, 0) is 10.8 Å². The predicted octanol–water partition coefficient (Wildman–Crippen LogP) is 4.70. The van der Waals surface area contributed by atoms with Crippen molar-refractivity contribution >= 4 is 10.8 Å². The Morgan fingerprint density at radius 2 is 1.76 bits per heavy atom. The fraction of sp³-hybridized carbons (Fsp3) is 0.636. The lowest BCUT2D eigenvalue weighted by Gasteiger charge is -2.57. The second-order valence-corrected chi connectivity index (χ2v) is 9.89. The van der Waals surface area contributed by atoms with E-state index >= 15 is 0 Å². The van der Waals surface area contributed by atoms with Crippen molar-refractivity contribution in [1.82, 2.24) is 4.90 Å². The molecule has 1 heterocycles. The molecule has 25 heavy (non-hydrogen) atoms. The first-order chi connectivity index (χ1) is 12.1. The third kappa shape index (κ3) is 2.94. The van der Waals surface area contributed by atoms with Crippen molar-refractivity contribution in [2.75, 3.05) is 13.1 Å². The third-order valence-electron chi connectivity index (χ3n) is 6.88. The van der Waals surface area contributed by atoms with Gasteiger partial charge in [-0.25, -0.2) is 0 Å². The summed E-state index contributed by atoms with van der Waals surface area (Å²) in [6.45, 7) is 6.86. The van der Waals surface area contributed by atoms with Gasteiger partial charge in [0, 0.05) is 10.4 Å². The van der Waals surface area contributed by atoms with Crippen LogP contribution >= 0.6 is 0 Å². The highest BCUT2D eigenvalue weighted by Crippen LogP contribution is 2.50. The molecule has 2 nitrogen and oxygen atoms in total. The summed E-state index contributed by atoms with van der Waals surface area (Å²) in [6.07, 6.45) is 12.4. The summed E-state index contributed by atoms with van der Waals surface area (Å²) in [5.41, 5.74) is 1.34. The number of nitrogens with zero attached hydrogens (tertiary/aromatic N) is 1. The first-order valence-electron chi connectivity index (χ1n) is 10.0. The van der Waals surface area contributed by atoms with Gasteiger partial charge in [-0.1, -0.05) is 49.6 Å². The van der Waals surface area contributed by atoms with Gasteiger partial charge in [-0.2, -0.15) is 0 Å². The van der Waals surface area contributed by atoms with E-state index in [4.69, 9.17) is 0 Å². The van der Waals surface area contributed by atoms with Crippen LogP contribution in [0.25, 0.3) is 0 Å². The van der Waals surface area contributed by atoms with Gasteiger partial charge in [0.15, 0.2) is 0 Å². The Bertz CT molecular complexity index is 661. The molecule has 1 saturated heterocycles. The average Bonchev–Trinajstić information content (AvgIpc) is 3.17. The van der Waals surface area contributed by atoms with E-state index in [0.717, 1.165) is 4.90 Å². The minimum Gasteiger partial charge on any atom is -0.296 e. The van der Waals surface area contributed by atoms with Gasteiger partial charge in [-0.15, -0.1) is 0 Å². The van der Waals surface area contributed by atoms with Crippen molar-refractivity contribution in [2.24, 2.45) is 11.8 Å². The number of fused-ring (bicyclic) bond motifs is 1. The Balaban J connectivity index is 1.76. The zero-order chi connectivity index (χ0) is 17.4. The number of allylic oxidation sites excluding steroid dienone is 1. The molecule has 1 saturated carbocycles. The number of likely N-dealkylation sites (tertiary alicyclic amines) is 1. The molecule has 2 aliphatic carbocycles. The average molecular weight is 358 g/mol. The first kappa shape index (κ1) is 17.5. The van der Waals surface area contributed by atoms with Crippen LogP contribution < -0.4 is 0 Å². The van der Waals surface area contributed by atoms with E-state index in [2.05, 4.69) is 55.2 Å². The zero-order valence-corrected chi connectivity index (χ0v) is 16.4. The van der Waals surface area contributed by atoms with Gasteiger partial charge in [-0.05, 0) is 69.7 Å². The van der Waals surface area contributed by atoms with Crippen LogP contribution in [0, 0.1) is 18.8 Å². The maximum Gasteiger partial charge on any atom is 0.0761 e. The Morgan fingerprint density at radius 1 is 1.04 bits per heavy atom. The number of benzene rings is 1. The molecular formula is C22H31NOS. The minimum absolute atomic E-state index is 0.110. The van der Waals surface area contributed by atoms with E-state index in [1.165, 1.54) is 57.2 Å². The lowest BCUT2D eigenvalue weighted by atomic mass is 9.62.